The van der Waals surface area contributed by atoms with Gasteiger partial charge in [-0.15, -0.1) is 0 Å². The molecule has 0 aliphatic rings. The zero-order chi connectivity index (χ0) is 11.4. The predicted molar refractivity (Wildman–Crippen MR) is 67.5 cm³/mol. The molecule has 0 amide bonds. The van der Waals surface area contributed by atoms with Gasteiger partial charge in [0.25, 0.3) is 0 Å². The highest BCUT2D eigenvalue weighted by Crippen LogP contribution is 2.10. The monoisotopic (exact) mass is 232 g/mol. The molecule has 0 aromatic rings. The van der Waals surface area contributed by atoms with Gasteiger partial charge in [0, 0.05) is 0 Å². The van der Waals surface area contributed by atoms with E-state index in [-0.39, 0.29) is 0 Å². The van der Waals surface area contributed by atoms with E-state index in [2.05, 4.69) is 39.3 Å². The lowest BCUT2D eigenvalue weighted by atomic mass is 10.5. The van der Waals surface area contributed by atoms with Crippen LogP contribution in [-0.4, -0.2) is 23.2 Å². The van der Waals surface area contributed by atoms with Crippen LogP contribution in [0.1, 0.15) is 6.92 Å². The topological polar surface area (TPSA) is 18.5 Å². The molecule has 0 spiro atoms. The van der Waals surface area contributed by atoms with E-state index in [1.807, 2.05) is 13.0 Å². The summed E-state index contributed by atoms with van der Waals surface area (Å²) in [5.74, 6) is 1.00. The zero-order valence-electron chi connectivity index (χ0n) is 10.6. The van der Waals surface area contributed by atoms with Crippen LogP contribution < -0.4 is 0 Å². The van der Waals surface area contributed by atoms with Crippen molar-refractivity contribution in [3.63, 3.8) is 0 Å². The Morgan fingerprint density at radius 1 is 1.00 bits per heavy atom. The molecule has 2 nitrogen and oxygen atoms in total. The summed E-state index contributed by atoms with van der Waals surface area (Å²) >= 11 is 0. The summed E-state index contributed by atoms with van der Waals surface area (Å²) in [6, 6.07) is 0. The Morgan fingerprint density at radius 2 is 1.50 bits per heavy atom. The van der Waals surface area contributed by atoms with Gasteiger partial charge in [-0.25, -0.2) is 0 Å². The van der Waals surface area contributed by atoms with Crippen LogP contribution in [0.2, 0.25) is 39.3 Å². The maximum atomic E-state index is 5.79. The second kappa shape index (κ2) is 5.14. The molecule has 0 atom stereocenters. The number of hydrogen-bond donors (Lipinski definition) is 0. The Kier molecular flexibility index (Phi) is 5.11. The molecule has 0 radical (unpaired) electrons. The average Bonchev–Trinajstić information content (AvgIpc) is 1.78. The molecule has 0 heterocycles. The van der Waals surface area contributed by atoms with Crippen LogP contribution in [-0.2, 0) is 8.85 Å². The maximum Gasteiger partial charge on any atom is 0.241 e. The van der Waals surface area contributed by atoms with Crippen LogP contribution in [0.25, 0.3) is 0 Å². The van der Waals surface area contributed by atoms with Gasteiger partial charge in [-0.05, 0) is 52.3 Å². The van der Waals surface area contributed by atoms with Crippen molar-refractivity contribution >= 4 is 16.6 Å². The summed E-state index contributed by atoms with van der Waals surface area (Å²) in [4.78, 5) is 0. The van der Waals surface area contributed by atoms with Gasteiger partial charge < -0.3 is 8.85 Å². The Hall–Kier alpha value is -0.0662. The molecule has 14 heavy (non-hydrogen) atoms. The van der Waals surface area contributed by atoms with Gasteiger partial charge in [0.15, 0.2) is 8.32 Å². The minimum absolute atomic E-state index is 0.687. The van der Waals surface area contributed by atoms with E-state index in [4.69, 9.17) is 8.85 Å². The van der Waals surface area contributed by atoms with Crippen LogP contribution in [0.3, 0.4) is 0 Å². The number of hydrogen-bond acceptors (Lipinski definition) is 2. The van der Waals surface area contributed by atoms with Crippen LogP contribution in [0.5, 0.6) is 0 Å². The summed E-state index contributed by atoms with van der Waals surface area (Å²) in [5.41, 5.74) is 0. The first kappa shape index (κ1) is 13.9. The van der Waals surface area contributed by atoms with Crippen molar-refractivity contribution in [3.05, 3.63) is 11.8 Å². The van der Waals surface area contributed by atoms with Crippen molar-refractivity contribution in [2.45, 2.75) is 46.2 Å². The molecule has 0 fully saturated rings. The Bertz CT molecular complexity index is 199. The zero-order valence-corrected chi connectivity index (χ0v) is 12.6. The van der Waals surface area contributed by atoms with Gasteiger partial charge >= 0.3 is 0 Å². The van der Waals surface area contributed by atoms with E-state index in [0.29, 0.717) is 6.61 Å². The quantitative estimate of drug-likeness (QED) is 0.533. The first-order valence-electron chi connectivity index (χ1n) is 5.10. The van der Waals surface area contributed by atoms with E-state index >= 15 is 0 Å². The molecule has 0 unspecified atom stereocenters. The molecule has 84 valence electrons. The smallest absolute Gasteiger partial charge is 0.241 e. The molecule has 0 aromatic carbocycles. The first-order chi connectivity index (χ1) is 6.10. The minimum atomic E-state index is -1.43. The van der Waals surface area contributed by atoms with E-state index in [0.717, 1.165) is 5.76 Å². The molecular formula is C10H24O2Si2. The van der Waals surface area contributed by atoms with Crippen molar-refractivity contribution in [2.75, 3.05) is 6.61 Å². The summed E-state index contributed by atoms with van der Waals surface area (Å²) in [7, 11) is -2.80. The Labute approximate surface area is 90.6 Å². The summed E-state index contributed by atoms with van der Waals surface area (Å²) < 4.78 is 11.5. The van der Waals surface area contributed by atoms with Gasteiger partial charge in [0.1, 0.15) is 0 Å². The number of allylic oxidation sites excluding steroid dienone is 1. The number of rotatable bonds is 5. The average molecular weight is 232 g/mol. The normalized spacial score (nSPS) is 14.4. The predicted octanol–water partition coefficient (Wildman–Crippen LogP) is 3.59. The third-order valence-electron chi connectivity index (χ3n) is 1.35. The molecule has 0 aliphatic carbocycles. The lowest BCUT2D eigenvalue weighted by molar-refractivity contribution is 0.345. The molecule has 0 bridgehead atoms. The van der Waals surface area contributed by atoms with Gasteiger partial charge in [-0.1, -0.05) is 0 Å². The first-order valence-corrected chi connectivity index (χ1v) is 11.9. The van der Waals surface area contributed by atoms with Gasteiger partial charge in [0.05, 0.1) is 12.4 Å². The fraction of sp³-hybridized carbons (Fsp3) is 0.800. The highest BCUT2D eigenvalue weighted by molar-refractivity contribution is 6.70. The highest BCUT2D eigenvalue weighted by atomic mass is 28.4. The molecule has 0 saturated heterocycles. The third-order valence-corrected chi connectivity index (χ3v) is 3.32. The SMILES string of the molecule is CC(=CCO[Si](C)(C)C)O[Si](C)(C)C. The molecular weight excluding hydrogens is 208 g/mol. The van der Waals surface area contributed by atoms with E-state index in [1.165, 1.54) is 0 Å². The van der Waals surface area contributed by atoms with Crippen LogP contribution in [0.4, 0.5) is 0 Å². The molecule has 0 N–H and O–H groups in total. The van der Waals surface area contributed by atoms with Crippen molar-refractivity contribution in [1.82, 2.24) is 0 Å². The molecule has 0 rings (SSSR count). The summed E-state index contributed by atoms with van der Waals surface area (Å²) in [5, 5.41) is 0. The van der Waals surface area contributed by atoms with Crippen LogP contribution in [0.15, 0.2) is 11.8 Å². The lowest BCUT2D eigenvalue weighted by Gasteiger charge is -2.20. The highest BCUT2D eigenvalue weighted by Gasteiger charge is 2.16. The fourth-order valence-electron chi connectivity index (χ4n) is 0.934. The van der Waals surface area contributed by atoms with Gasteiger partial charge in [-0.3, -0.25) is 0 Å². The largest absolute Gasteiger partial charge is 0.548 e. The van der Waals surface area contributed by atoms with Crippen molar-refractivity contribution < 1.29 is 8.85 Å². The molecule has 0 aromatic heterocycles. The second-order valence-electron chi connectivity index (χ2n) is 5.45. The fourth-order valence-corrected chi connectivity index (χ4v) is 2.57. The maximum absolute atomic E-state index is 5.79. The van der Waals surface area contributed by atoms with E-state index in [9.17, 15) is 0 Å². The molecule has 4 heteroatoms. The second-order valence-corrected chi connectivity index (χ2v) is 14.4. The third kappa shape index (κ3) is 10.0. The Balaban J connectivity index is 3.90. The molecule has 0 saturated carbocycles. The molecule has 0 aliphatic heterocycles. The van der Waals surface area contributed by atoms with Gasteiger partial charge in [-0.2, -0.15) is 0 Å². The summed E-state index contributed by atoms with van der Waals surface area (Å²) in [6.45, 7) is 15.8. The standard InChI is InChI=1S/C10H24O2Si2/c1-10(12-14(5,6)7)8-9-11-13(2,3)4/h8H,9H2,1-7H3. The van der Waals surface area contributed by atoms with Crippen LogP contribution in [0, 0.1) is 0 Å². The van der Waals surface area contributed by atoms with Crippen molar-refractivity contribution in [2.24, 2.45) is 0 Å². The summed E-state index contributed by atoms with van der Waals surface area (Å²) in [6.07, 6.45) is 2.04. The van der Waals surface area contributed by atoms with E-state index < -0.39 is 16.6 Å². The minimum Gasteiger partial charge on any atom is -0.548 e. The lowest BCUT2D eigenvalue weighted by Crippen LogP contribution is -2.26. The van der Waals surface area contributed by atoms with Crippen LogP contribution >= 0.6 is 0 Å². The Morgan fingerprint density at radius 3 is 1.86 bits per heavy atom. The van der Waals surface area contributed by atoms with Crippen molar-refractivity contribution in [3.8, 4) is 0 Å². The van der Waals surface area contributed by atoms with Gasteiger partial charge in [0.2, 0.25) is 8.32 Å². The van der Waals surface area contributed by atoms with Crippen molar-refractivity contribution in [1.29, 1.82) is 0 Å². The van der Waals surface area contributed by atoms with E-state index in [1.54, 1.807) is 0 Å².